The van der Waals surface area contributed by atoms with Crippen molar-refractivity contribution in [3.8, 4) is 5.75 Å². The van der Waals surface area contributed by atoms with Crippen LogP contribution in [0.25, 0.3) is 0 Å². The molecule has 1 atom stereocenters. The summed E-state index contributed by atoms with van der Waals surface area (Å²) in [5.41, 5.74) is 0.647. The van der Waals surface area contributed by atoms with Crippen LogP contribution in [0.5, 0.6) is 5.75 Å². The van der Waals surface area contributed by atoms with Crippen LogP contribution in [0.4, 0.5) is 0 Å². The first-order valence-corrected chi connectivity index (χ1v) is 6.16. The Labute approximate surface area is 116 Å². The van der Waals surface area contributed by atoms with Gasteiger partial charge >= 0.3 is 5.97 Å². The van der Waals surface area contributed by atoms with Gasteiger partial charge in [0.15, 0.2) is 5.78 Å². The number of carbonyl (C=O) groups is 2. The summed E-state index contributed by atoms with van der Waals surface area (Å²) < 4.78 is 0. The molecule has 0 saturated carbocycles. The number of hydrogen-bond acceptors (Lipinski definition) is 3. The van der Waals surface area contributed by atoms with E-state index >= 15 is 0 Å². The highest BCUT2D eigenvalue weighted by Gasteiger charge is 2.22. The summed E-state index contributed by atoms with van der Waals surface area (Å²) in [5.74, 6) is -2.35. The van der Waals surface area contributed by atoms with E-state index < -0.39 is 11.9 Å². The zero-order chi connectivity index (χ0) is 14.7. The van der Waals surface area contributed by atoms with Gasteiger partial charge in [-0.05, 0) is 6.07 Å². The third-order valence-electron chi connectivity index (χ3n) is 3.22. The third kappa shape index (κ3) is 2.54. The van der Waals surface area contributed by atoms with Crippen LogP contribution in [0, 0.1) is 0 Å². The second-order valence-electron chi connectivity index (χ2n) is 4.50. The molecule has 0 saturated heterocycles. The largest absolute Gasteiger partial charge is 0.507 e. The fraction of sp³-hybridized carbons (Fsp3) is 0.125. The lowest BCUT2D eigenvalue weighted by molar-refractivity contribution is 0.0692. The molecule has 0 fully saturated rings. The summed E-state index contributed by atoms with van der Waals surface area (Å²) in [6.45, 7) is 1.65. The van der Waals surface area contributed by atoms with Crippen LogP contribution < -0.4 is 0 Å². The predicted molar refractivity (Wildman–Crippen MR) is 74.3 cm³/mol. The molecule has 1 unspecified atom stereocenters. The smallest absolute Gasteiger partial charge is 0.339 e. The molecule has 2 aromatic carbocycles. The number of benzene rings is 2. The molecule has 0 bridgehead atoms. The molecular formula is C16H14O4. The third-order valence-corrected chi connectivity index (χ3v) is 3.22. The molecule has 0 aliphatic rings. The van der Waals surface area contributed by atoms with Crippen LogP contribution in [-0.4, -0.2) is 22.0 Å². The first kappa shape index (κ1) is 13.8. The van der Waals surface area contributed by atoms with E-state index in [2.05, 4.69) is 0 Å². The van der Waals surface area contributed by atoms with Crippen LogP contribution in [0.1, 0.15) is 39.1 Å². The second-order valence-corrected chi connectivity index (χ2v) is 4.50. The average molecular weight is 270 g/mol. The van der Waals surface area contributed by atoms with Gasteiger partial charge < -0.3 is 10.2 Å². The number of para-hydroxylation sites is 1. The Morgan fingerprint density at radius 2 is 1.65 bits per heavy atom. The first-order valence-electron chi connectivity index (χ1n) is 6.16. The van der Waals surface area contributed by atoms with E-state index in [9.17, 15) is 14.7 Å². The molecule has 0 spiro atoms. The fourth-order valence-corrected chi connectivity index (χ4v) is 2.08. The molecule has 0 aliphatic heterocycles. The maximum absolute atomic E-state index is 12.3. The molecule has 4 nitrogen and oxygen atoms in total. The quantitative estimate of drug-likeness (QED) is 0.837. The number of carbonyl (C=O) groups excluding carboxylic acids is 1. The summed E-state index contributed by atoms with van der Waals surface area (Å²) in [7, 11) is 0. The molecule has 4 heteroatoms. The van der Waals surface area contributed by atoms with Gasteiger partial charge in [0.2, 0.25) is 0 Å². The maximum atomic E-state index is 12.3. The van der Waals surface area contributed by atoms with Gasteiger partial charge in [-0.2, -0.15) is 0 Å². The Kier molecular flexibility index (Phi) is 3.84. The van der Waals surface area contributed by atoms with Crippen LogP contribution in [-0.2, 0) is 0 Å². The second kappa shape index (κ2) is 5.57. The Morgan fingerprint density at radius 3 is 2.25 bits per heavy atom. The first-order chi connectivity index (χ1) is 9.52. The lowest BCUT2D eigenvalue weighted by Crippen LogP contribution is -2.11. The Balaban J connectivity index is 2.39. The molecule has 0 aliphatic carbocycles. The van der Waals surface area contributed by atoms with Crippen LogP contribution in [0.2, 0.25) is 0 Å². The van der Waals surface area contributed by atoms with Crippen molar-refractivity contribution in [3.63, 3.8) is 0 Å². The van der Waals surface area contributed by atoms with E-state index in [-0.39, 0.29) is 17.1 Å². The number of hydrogen-bond donors (Lipinski definition) is 2. The summed E-state index contributed by atoms with van der Waals surface area (Å²) in [6, 6.07) is 13.1. The molecule has 102 valence electrons. The lowest BCUT2D eigenvalue weighted by Gasteiger charge is -2.14. The van der Waals surface area contributed by atoms with Crippen LogP contribution in [0.15, 0.2) is 48.5 Å². The topological polar surface area (TPSA) is 74.6 Å². The number of aromatic carboxylic acids is 1. The van der Waals surface area contributed by atoms with Crippen molar-refractivity contribution in [3.05, 3.63) is 65.2 Å². The van der Waals surface area contributed by atoms with E-state index in [1.54, 1.807) is 37.3 Å². The minimum absolute atomic E-state index is 0.163. The van der Waals surface area contributed by atoms with Crippen molar-refractivity contribution in [1.29, 1.82) is 0 Å². The van der Waals surface area contributed by atoms with Crippen molar-refractivity contribution in [2.24, 2.45) is 0 Å². The molecule has 2 rings (SSSR count). The summed E-state index contributed by atoms with van der Waals surface area (Å²) in [4.78, 5) is 23.3. The number of carboxylic acid groups (broad SMARTS) is 1. The van der Waals surface area contributed by atoms with Gasteiger partial charge in [0, 0.05) is 17.0 Å². The van der Waals surface area contributed by atoms with E-state index in [1.165, 1.54) is 12.1 Å². The Bertz CT molecular complexity index is 647. The zero-order valence-corrected chi connectivity index (χ0v) is 10.9. The van der Waals surface area contributed by atoms with Crippen LogP contribution >= 0.6 is 0 Å². The van der Waals surface area contributed by atoms with E-state index in [0.29, 0.717) is 11.1 Å². The average Bonchev–Trinajstić information content (AvgIpc) is 2.46. The van der Waals surface area contributed by atoms with Crippen molar-refractivity contribution in [1.82, 2.24) is 0 Å². The van der Waals surface area contributed by atoms with Gasteiger partial charge in [-0.3, -0.25) is 4.79 Å². The van der Waals surface area contributed by atoms with Crippen molar-refractivity contribution in [2.45, 2.75) is 12.8 Å². The van der Waals surface area contributed by atoms with Crippen molar-refractivity contribution < 1.29 is 19.8 Å². The molecule has 20 heavy (non-hydrogen) atoms. The van der Waals surface area contributed by atoms with Crippen molar-refractivity contribution >= 4 is 11.8 Å². The number of Topliss-reactive ketones (excluding diaryl/α,β-unsaturated/α-hetero) is 1. The number of rotatable bonds is 4. The van der Waals surface area contributed by atoms with Gasteiger partial charge in [-0.15, -0.1) is 0 Å². The van der Waals surface area contributed by atoms with Gasteiger partial charge in [0.1, 0.15) is 11.3 Å². The Hall–Kier alpha value is -2.62. The minimum atomic E-state index is -1.22. The highest BCUT2D eigenvalue weighted by Crippen LogP contribution is 2.31. The summed E-state index contributed by atoms with van der Waals surface area (Å²) in [5, 5.41) is 19.0. The zero-order valence-electron chi connectivity index (χ0n) is 10.9. The summed E-state index contributed by atoms with van der Waals surface area (Å²) in [6.07, 6.45) is 0. The predicted octanol–water partition coefficient (Wildman–Crippen LogP) is 3.08. The van der Waals surface area contributed by atoms with E-state index in [1.807, 2.05) is 6.07 Å². The van der Waals surface area contributed by atoms with Crippen molar-refractivity contribution in [2.75, 3.05) is 0 Å². The SMILES string of the molecule is CC(C(=O)c1ccccc1)c1cccc(C(=O)O)c1O. The molecule has 0 aromatic heterocycles. The monoisotopic (exact) mass is 270 g/mol. The maximum Gasteiger partial charge on any atom is 0.339 e. The number of phenols is 1. The van der Waals surface area contributed by atoms with Gasteiger partial charge in [-0.1, -0.05) is 49.4 Å². The standard InChI is InChI=1S/C16H14O4/c1-10(14(17)11-6-3-2-4-7-11)12-8-5-9-13(15(12)18)16(19)20/h2-10,18H,1H3,(H,19,20). The minimum Gasteiger partial charge on any atom is -0.507 e. The van der Waals surface area contributed by atoms with Gasteiger partial charge in [0.05, 0.1) is 0 Å². The number of carboxylic acids is 1. The fourth-order valence-electron chi connectivity index (χ4n) is 2.08. The number of ketones is 1. The van der Waals surface area contributed by atoms with Gasteiger partial charge in [0.25, 0.3) is 0 Å². The van der Waals surface area contributed by atoms with Gasteiger partial charge in [-0.25, -0.2) is 4.79 Å². The molecular weight excluding hydrogens is 256 g/mol. The molecule has 0 radical (unpaired) electrons. The normalized spacial score (nSPS) is 11.8. The van der Waals surface area contributed by atoms with Crippen LogP contribution in [0.3, 0.4) is 0 Å². The molecule has 0 amide bonds. The molecule has 2 aromatic rings. The Morgan fingerprint density at radius 1 is 1.00 bits per heavy atom. The van der Waals surface area contributed by atoms with E-state index in [0.717, 1.165) is 0 Å². The number of aromatic hydroxyl groups is 1. The highest BCUT2D eigenvalue weighted by atomic mass is 16.4. The molecule has 0 heterocycles. The van der Waals surface area contributed by atoms with E-state index in [4.69, 9.17) is 5.11 Å². The lowest BCUT2D eigenvalue weighted by atomic mass is 9.90. The highest BCUT2D eigenvalue weighted by molar-refractivity contribution is 6.01. The summed E-state index contributed by atoms with van der Waals surface area (Å²) >= 11 is 0. The molecule has 2 N–H and O–H groups in total.